The molecule has 0 unspecified atom stereocenters. The third-order valence-corrected chi connectivity index (χ3v) is 11.6. The lowest BCUT2D eigenvalue weighted by Crippen LogP contribution is -2.62. The summed E-state index contributed by atoms with van der Waals surface area (Å²) in [5, 5.41) is 23.9. The number of hydrogen-bond donors (Lipinski definition) is 6. The molecule has 252 valence electrons. The highest BCUT2D eigenvalue weighted by atomic mass is 32.1. The highest BCUT2D eigenvalue weighted by Gasteiger charge is 2.70. The zero-order chi connectivity index (χ0) is 34.0. The predicted molar refractivity (Wildman–Crippen MR) is 181 cm³/mol. The minimum Gasteiger partial charge on any atom is -0.371 e. The Morgan fingerprint density at radius 3 is 2.41 bits per heavy atom. The highest BCUT2D eigenvalue weighted by molar-refractivity contribution is 7.81. The third kappa shape index (κ3) is 6.73. The van der Waals surface area contributed by atoms with Gasteiger partial charge in [0.25, 0.3) is 0 Å². The van der Waals surface area contributed by atoms with E-state index in [1.807, 2.05) is 65.8 Å². The molecule has 0 radical (unpaired) electrons. The van der Waals surface area contributed by atoms with Crippen molar-refractivity contribution in [1.82, 2.24) is 31.2 Å². The predicted octanol–water partition coefficient (Wildman–Crippen LogP) is 3.38. The Morgan fingerprint density at radius 2 is 1.83 bits per heavy atom. The van der Waals surface area contributed by atoms with Crippen molar-refractivity contribution in [2.45, 2.75) is 96.8 Å². The number of likely N-dealkylation sites (tertiary alicyclic amines) is 1. The first-order valence-electron chi connectivity index (χ1n) is 16.0. The molecule has 1 aromatic heterocycles. The van der Waals surface area contributed by atoms with Gasteiger partial charge in [-0.15, -0.1) is 24.0 Å². The summed E-state index contributed by atoms with van der Waals surface area (Å²) in [6.45, 7) is 16.3. The first kappa shape index (κ1) is 34.4. The van der Waals surface area contributed by atoms with Gasteiger partial charge in [0.15, 0.2) is 4.93 Å². The zero-order valence-electron chi connectivity index (χ0n) is 27.9. The van der Waals surface area contributed by atoms with E-state index < -0.39 is 51.9 Å². The van der Waals surface area contributed by atoms with Crippen LogP contribution in [0.4, 0.5) is 4.79 Å². The maximum Gasteiger partial charge on any atom is 0.315 e. The molecule has 5 N–H and O–H groups in total. The Hall–Kier alpha value is -2.90. The van der Waals surface area contributed by atoms with E-state index in [9.17, 15) is 24.3 Å². The second kappa shape index (κ2) is 12.0. The van der Waals surface area contributed by atoms with E-state index in [4.69, 9.17) is 12.6 Å². The number of aromatic nitrogens is 1. The number of carbonyl (C=O) groups is 4. The molecule has 2 saturated heterocycles. The lowest BCUT2D eigenvalue weighted by Gasteiger charge is -2.39. The number of thiazole rings is 1. The summed E-state index contributed by atoms with van der Waals surface area (Å²) in [6, 6.07) is 4.32. The van der Waals surface area contributed by atoms with Gasteiger partial charge in [0.1, 0.15) is 17.1 Å². The minimum atomic E-state index is -1.89. The van der Waals surface area contributed by atoms with E-state index in [-0.39, 0.29) is 35.5 Å². The number of nitrogens with zero attached hydrogens (tertiary/aromatic N) is 2. The number of benzene rings is 1. The molecule has 13 heteroatoms. The van der Waals surface area contributed by atoms with Crippen molar-refractivity contribution in [1.29, 1.82) is 0 Å². The Morgan fingerprint density at radius 1 is 1.15 bits per heavy atom. The van der Waals surface area contributed by atoms with E-state index >= 15 is 0 Å². The van der Waals surface area contributed by atoms with Gasteiger partial charge in [0, 0.05) is 24.5 Å². The van der Waals surface area contributed by atoms with Gasteiger partial charge < -0.3 is 31.3 Å². The van der Waals surface area contributed by atoms with Crippen LogP contribution in [0.25, 0.3) is 10.2 Å². The average molecular weight is 673 g/mol. The van der Waals surface area contributed by atoms with Crippen LogP contribution in [0.15, 0.2) is 24.3 Å². The van der Waals surface area contributed by atoms with Crippen LogP contribution in [0.3, 0.4) is 0 Å². The standard InChI is InChI=1S/C33H48N6O5S2/c1-30(2,3)24(37-29(43)38-31(4,5)6)27(42)39-16-18-22(32(18,7)8)23(39)26(41)36-21(15-17-13-14-34-25(17)40)33(44,45)28-35-19-11-9-10-12-20(19)46-28/h9-12,17-18,21-24,44-45H,13-16H2,1-8H3,(H,34,40)(H,36,41)(H2,37,38,43)/t17-,18-,21-,22-,23-,24+,33+/m0/s1. The number of hydrogen-bond acceptors (Lipinski definition) is 8. The van der Waals surface area contributed by atoms with Crippen LogP contribution in [0.1, 0.15) is 73.2 Å². The summed E-state index contributed by atoms with van der Waals surface area (Å²) in [6.07, 6.45) is 0.709. The molecule has 2 aromatic rings. The molecule has 7 atom stereocenters. The fourth-order valence-corrected chi connectivity index (χ4v) is 8.42. The van der Waals surface area contributed by atoms with Crippen molar-refractivity contribution in [3.8, 4) is 0 Å². The van der Waals surface area contributed by atoms with Gasteiger partial charge in [-0.3, -0.25) is 14.4 Å². The number of thiol groups is 1. The SMILES string of the molecule is CC(C)(C)NC(=O)N[C@H](C(=O)N1C[C@H]2[C@@H]([C@H]1C(=O)N[C@@H](C[C@@H]1CCNC1=O)[C@@](O)(S)c1nc3ccccc3s1)C2(C)C)C(C)(C)C. The number of rotatable bonds is 8. The van der Waals surface area contributed by atoms with Crippen LogP contribution in [-0.4, -0.2) is 75.5 Å². The molecule has 1 aliphatic carbocycles. The van der Waals surface area contributed by atoms with E-state index in [0.717, 1.165) is 4.70 Å². The third-order valence-electron chi connectivity index (χ3n) is 9.73. The van der Waals surface area contributed by atoms with Gasteiger partial charge in [-0.1, -0.05) is 46.8 Å². The topological polar surface area (TPSA) is 153 Å². The number of carbonyl (C=O) groups excluding carboxylic acids is 4. The van der Waals surface area contributed by atoms with Crippen LogP contribution in [-0.2, 0) is 19.3 Å². The fraction of sp³-hybridized carbons (Fsp3) is 0.667. The largest absolute Gasteiger partial charge is 0.371 e. The Bertz CT molecular complexity index is 1490. The molecule has 0 spiro atoms. The minimum absolute atomic E-state index is 0.105. The number of fused-ring (bicyclic) bond motifs is 2. The summed E-state index contributed by atoms with van der Waals surface area (Å²) in [5.74, 6) is -1.32. The van der Waals surface area contributed by atoms with E-state index in [1.54, 1.807) is 4.90 Å². The van der Waals surface area contributed by atoms with Crippen molar-refractivity contribution in [2.75, 3.05) is 13.1 Å². The molecule has 3 aliphatic rings. The maximum atomic E-state index is 14.4. The molecule has 1 saturated carbocycles. The van der Waals surface area contributed by atoms with Crippen molar-refractivity contribution >= 4 is 57.9 Å². The molecule has 0 bridgehead atoms. The molecule has 46 heavy (non-hydrogen) atoms. The normalized spacial score (nSPS) is 26.5. The van der Waals surface area contributed by atoms with E-state index in [0.29, 0.717) is 30.0 Å². The molecule has 3 heterocycles. The number of piperidine rings is 1. The number of urea groups is 1. The number of para-hydroxylation sites is 1. The summed E-state index contributed by atoms with van der Waals surface area (Å²) in [5.41, 5.74) is -0.621. The van der Waals surface area contributed by atoms with Gasteiger partial charge in [-0.2, -0.15) is 0 Å². The molecule has 3 fully saturated rings. The van der Waals surface area contributed by atoms with Gasteiger partial charge in [-0.05, 0) is 68.4 Å². The molecule has 11 nitrogen and oxygen atoms in total. The Balaban J connectivity index is 1.44. The van der Waals surface area contributed by atoms with Crippen molar-refractivity contribution in [2.24, 2.45) is 28.6 Å². The highest BCUT2D eigenvalue weighted by Crippen LogP contribution is 2.65. The van der Waals surface area contributed by atoms with Crippen LogP contribution >= 0.6 is 24.0 Å². The van der Waals surface area contributed by atoms with Crippen LogP contribution in [0, 0.1) is 28.6 Å². The second-order valence-electron chi connectivity index (χ2n) is 15.8. The lowest BCUT2D eigenvalue weighted by molar-refractivity contribution is -0.144. The zero-order valence-corrected chi connectivity index (χ0v) is 29.6. The number of nitrogens with one attached hydrogen (secondary N) is 4. The molecule has 2 aliphatic heterocycles. The van der Waals surface area contributed by atoms with E-state index in [1.165, 1.54) is 11.3 Å². The maximum absolute atomic E-state index is 14.4. The quantitative estimate of drug-likeness (QED) is 0.187. The molecule has 5 amide bonds. The van der Waals surface area contributed by atoms with Gasteiger partial charge in [0.05, 0.1) is 16.3 Å². The molecular formula is C33H48N6O5S2. The summed E-state index contributed by atoms with van der Waals surface area (Å²) in [7, 11) is 0. The molecule has 5 rings (SSSR count). The number of aliphatic hydroxyl groups is 1. The van der Waals surface area contributed by atoms with Crippen molar-refractivity contribution in [3.63, 3.8) is 0 Å². The van der Waals surface area contributed by atoms with Crippen molar-refractivity contribution < 1.29 is 24.3 Å². The summed E-state index contributed by atoms with van der Waals surface area (Å²) < 4.78 is 0.861. The van der Waals surface area contributed by atoms with Crippen LogP contribution in [0.2, 0.25) is 0 Å². The first-order chi connectivity index (χ1) is 21.2. The molecular weight excluding hydrogens is 625 g/mol. The Labute approximate surface area is 280 Å². The average Bonchev–Trinajstić information content (AvgIpc) is 3.45. The number of amides is 5. The van der Waals surface area contributed by atoms with Gasteiger partial charge in [-0.25, -0.2) is 9.78 Å². The Kier molecular flexibility index (Phi) is 8.96. The summed E-state index contributed by atoms with van der Waals surface area (Å²) >= 11 is 5.98. The van der Waals surface area contributed by atoms with Crippen LogP contribution in [0.5, 0.6) is 0 Å². The lowest BCUT2D eigenvalue weighted by atomic mass is 9.85. The van der Waals surface area contributed by atoms with Gasteiger partial charge in [0.2, 0.25) is 17.7 Å². The van der Waals surface area contributed by atoms with E-state index in [2.05, 4.69) is 40.1 Å². The molecule has 1 aromatic carbocycles. The second-order valence-corrected chi connectivity index (χ2v) is 17.5. The van der Waals surface area contributed by atoms with Crippen LogP contribution < -0.4 is 21.3 Å². The fourth-order valence-electron chi connectivity index (χ4n) is 7.05. The summed E-state index contributed by atoms with van der Waals surface area (Å²) in [4.78, 5) is 58.6. The monoisotopic (exact) mass is 672 g/mol. The van der Waals surface area contributed by atoms with Gasteiger partial charge >= 0.3 is 6.03 Å². The smallest absolute Gasteiger partial charge is 0.315 e. The first-order valence-corrected chi connectivity index (χ1v) is 17.3. The van der Waals surface area contributed by atoms with Crippen molar-refractivity contribution in [3.05, 3.63) is 29.3 Å².